The van der Waals surface area contributed by atoms with Gasteiger partial charge in [-0.2, -0.15) is 5.26 Å². The number of anilines is 1. The maximum Gasteiger partial charge on any atom is 0.245 e. The fraction of sp³-hybridized carbons (Fsp3) is 0.267. The number of nitrogens with two attached hydrogens (primary N) is 1. The smallest absolute Gasteiger partial charge is 0.245 e. The van der Waals surface area contributed by atoms with E-state index in [-0.39, 0.29) is 11.5 Å². The molecule has 1 aromatic carbocycles. The molecule has 0 saturated carbocycles. The molecule has 0 saturated heterocycles. The quantitative estimate of drug-likeness (QED) is 0.815. The van der Waals surface area contributed by atoms with Crippen molar-refractivity contribution < 1.29 is 9.47 Å². The van der Waals surface area contributed by atoms with Crippen LogP contribution in [0.1, 0.15) is 19.4 Å². The summed E-state index contributed by atoms with van der Waals surface area (Å²) in [5.74, 6) is 1.31. The highest BCUT2D eigenvalue weighted by Gasteiger charge is 2.46. The molecule has 108 valence electrons. The summed E-state index contributed by atoms with van der Waals surface area (Å²) in [6.07, 6.45) is 2.63. The zero-order valence-electron chi connectivity index (χ0n) is 11.7. The zero-order chi connectivity index (χ0) is 15.2. The van der Waals surface area contributed by atoms with Crippen LogP contribution in [0.25, 0.3) is 0 Å². The molecule has 1 spiro atoms. The van der Waals surface area contributed by atoms with Crippen molar-refractivity contribution in [1.82, 2.24) is 0 Å². The molecule has 1 aromatic rings. The fourth-order valence-electron chi connectivity index (χ4n) is 2.55. The second-order valence-corrected chi connectivity index (χ2v) is 5.83. The van der Waals surface area contributed by atoms with Gasteiger partial charge in [0, 0.05) is 6.08 Å². The minimum atomic E-state index is -1.10. The van der Waals surface area contributed by atoms with Crippen LogP contribution in [-0.2, 0) is 11.2 Å². The third kappa shape index (κ3) is 2.05. The Labute approximate surface area is 131 Å². The topological polar surface area (TPSA) is 80.3 Å². The molecule has 0 aromatic heterocycles. The van der Waals surface area contributed by atoms with Gasteiger partial charge in [0.25, 0.3) is 0 Å². The first-order valence-corrected chi connectivity index (χ1v) is 7.35. The minimum Gasteiger partial charge on any atom is -0.456 e. The molecule has 5 nitrogen and oxygen atoms in total. The first-order valence-electron chi connectivity index (χ1n) is 6.56. The Kier molecular flexibility index (Phi) is 3.10. The van der Waals surface area contributed by atoms with E-state index in [1.807, 2.05) is 12.1 Å². The summed E-state index contributed by atoms with van der Waals surface area (Å²) in [6, 6.07) is 6.09. The van der Waals surface area contributed by atoms with Crippen LogP contribution in [0.4, 0.5) is 5.69 Å². The second kappa shape index (κ2) is 4.71. The van der Waals surface area contributed by atoms with Crippen molar-refractivity contribution in [2.45, 2.75) is 26.0 Å². The number of hydrogen-bond acceptors (Lipinski definition) is 5. The van der Waals surface area contributed by atoms with E-state index in [1.165, 1.54) is 0 Å². The number of nitriles is 1. The van der Waals surface area contributed by atoms with Gasteiger partial charge >= 0.3 is 0 Å². The number of hydrogen-bond donors (Lipinski definition) is 2. The number of nitrogens with one attached hydrogen (secondary N) is 1. The fourth-order valence-corrected chi connectivity index (χ4v) is 3.14. The molecule has 0 fully saturated rings. The van der Waals surface area contributed by atoms with Crippen LogP contribution in [0, 0.1) is 11.3 Å². The zero-order valence-corrected chi connectivity index (χ0v) is 13.2. The lowest BCUT2D eigenvalue weighted by molar-refractivity contribution is 0.174. The van der Waals surface area contributed by atoms with Crippen molar-refractivity contribution in [1.29, 1.82) is 5.26 Å². The van der Waals surface area contributed by atoms with E-state index >= 15 is 0 Å². The van der Waals surface area contributed by atoms with Crippen LogP contribution in [0.15, 0.2) is 39.9 Å². The highest BCUT2D eigenvalue weighted by atomic mass is 79.9. The number of aryl methyl sites for hydroxylation is 1. The Morgan fingerprint density at radius 1 is 1.48 bits per heavy atom. The summed E-state index contributed by atoms with van der Waals surface area (Å²) < 4.78 is 12.2. The molecule has 6 heteroatoms. The lowest BCUT2D eigenvalue weighted by Crippen LogP contribution is -2.44. The highest BCUT2D eigenvalue weighted by molar-refractivity contribution is 9.10. The van der Waals surface area contributed by atoms with Crippen LogP contribution >= 0.6 is 15.9 Å². The Balaban J connectivity index is 2.13. The molecular weight excluding hydrogens is 334 g/mol. The van der Waals surface area contributed by atoms with Crippen LogP contribution in [0.2, 0.25) is 0 Å². The van der Waals surface area contributed by atoms with Crippen molar-refractivity contribution >= 4 is 21.6 Å². The van der Waals surface area contributed by atoms with E-state index in [2.05, 4.69) is 34.2 Å². The van der Waals surface area contributed by atoms with E-state index in [0.29, 0.717) is 11.5 Å². The van der Waals surface area contributed by atoms with Crippen molar-refractivity contribution in [3.05, 3.63) is 45.5 Å². The molecule has 2 aliphatic heterocycles. The number of allylic oxidation sites excluding steroid dienone is 1. The lowest BCUT2D eigenvalue weighted by Gasteiger charge is -2.30. The molecular formula is C15H14BrN3O2. The van der Waals surface area contributed by atoms with Gasteiger partial charge in [0.1, 0.15) is 11.8 Å². The number of ether oxygens (including phenoxy) is 2. The molecule has 0 aliphatic carbocycles. The van der Waals surface area contributed by atoms with E-state index in [4.69, 9.17) is 15.2 Å². The standard InChI is InChI=1S/C15H14BrN3O2/c1-3-9-4-11(16)13-12(5-9)19-15(21-13)6-8(2)20-14(18)10(15)7-17/h4-6,19H,3,18H2,1-2H3/t15-/m0/s1. The maximum absolute atomic E-state index is 9.39. The minimum absolute atomic E-state index is 0.0599. The normalized spacial score (nSPS) is 22.9. The van der Waals surface area contributed by atoms with Crippen molar-refractivity contribution in [3.8, 4) is 11.8 Å². The summed E-state index contributed by atoms with van der Waals surface area (Å²) in [7, 11) is 0. The number of rotatable bonds is 1. The van der Waals surface area contributed by atoms with Crippen LogP contribution in [0.5, 0.6) is 5.75 Å². The number of halogens is 1. The van der Waals surface area contributed by atoms with Crippen molar-refractivity contribution in [3.63, 3.8) is 0 Å². The molecule has 21 heavy (non-hydrogen) atoms. The number of benzene rings is 1. The van der Waals surface area contributed by atoms with Gasteiger partial charge in [0.2, 0.25) is 11.6 Å². The summed E-state index contributed by atoms with van der Waals surface area (Å²) in [4.78, 5) is 0. The molecule has 3 rings (SSSR count). The van der Waals surface area contributed by atoms with Crippen molar-refractivity contribution in [2.75, 3.05) is 5.32 Å². The second-order valence-electron chi connectivity index (χ2n) is 4.98. The van der Waals surface area contributed by atoms with Gasteiger partial charge in [-0.1, -0.05) is 6.92 Å². The maximum atomic E-state index is 9.39. The molecule has 0 unspecified atom stereocenters. The summed E-state index contributed by atoms with van der Waals surface area (Å²) in [5.41, 5.74) is 6.93. The summed E-state index contributed by atoms with van der Waals surface area (Å²) >= 11 is 3.51. The first kappa shape index (κ1) is 13.8. The largest absolute Gasteiger partial charge is 0.456 e. The molecule has 2 aliphatic rings. The molecule has 0 bridgehead atoms. The molecule has 1 atom stereocenters. The Hall–Kier alpha value is -2.13. The van der Waals surface area contributed by atoms with Crippen LogP contribution in [0.3, 0.4) is 0 Å². The van der Waals surface area contributed by atoms with Crippen molar-refractivity contribution in [2.24, 2.45) is 5.73 Å². The molecule has 0 amide bonds. The number of nitrogens with zero attached hydrogens (tertiary/aromatic N) is 1. The monoisotopic (exact) mass is 347 g/mol. The van der Waals surface area contributed by atoms with Gasteiger partial charge in [-0.3, -0.25) is 0 Å². The SMILES string of the molecule is CCc1cc(Br)c2c(c1)N[C@@]1(C=C(C)OC(N)=C1C#N)O2. The van der Waals surface area contributed by atoms with Gasteiger partial charge in [0.05, 0.1) is 10.2 Å². The predicted molar refractivity (Wildman–Crippen MR) is 82.2 cm³/mol. The molecule has 2 heterocycles. The number of fused-ring (bicyclic) bond motifs is 1. The van der Waals surface area contributed by atoms with Crippen LogP contribution in [-0.4, -0.2) is 5.72 Å². The van der Waals surface area contributed by atoms with Gasteiger partial charge in [-0.25, -0.2) is 0 Å². The lowest BCUT2D eigenvalue weighted by atomic mass is 10.0. The Bertz CT molecular complexity index is 733. The summed E-state index contributed by atoms with van der Waals surface area (Å²) in [5, 5.41) is 12.7. The van der Waals surface area contributed by atoms with Gasteiger partial charge in [0.15, 0.2) is 11.3 Å². The molecule has 0 radical (unpaired) electrons. The van der Waals surface area contributed by atoms with E-state index in [1.54, 1.807) is 13.0 Å². The van der Waals surface area contributed by atoms with Gasteiger partial charge in [-0.15, -0.1) is 0 Å². The van der Waals surface area contributed by atoms with E-state index < -0.39 is 5.72 Å². The van der Waals surface area contributed by atoms with Gasteiger partial charge < -0.3 is 20.5 Å². The predicted octanol–water partition coefficient (Wildman–Crippen LogP) is 3.14. The average molecular weight is 348 g/mol. The van der Waals surface area contributed by atoms with Gasteiger partial charge in [-0.05, 0) is 47.0 Å². The third-order valence-corrected chi connectivity index (χ3v) is 4.09. The Morgan fingerprint density at radius 2 is 2.24 bits per heavy atom. The molecule has 3 N–H and O–H groups in total. The average Bonchev–Trinajstić information content (AvgIpc) is 2.77. The third-order valence-electron chi connectivity index (χ3n) is 3.50. The van der Waals surface area contributed by atoms with E-state index in [0.717, 1.165) is 22.1 Å². The van der Waals surface area contributed by atoms with E-state index in [9.17, 15) is 5.26 Å². The first-order chi connectivity index (χ1) is 9.99. The summed E-state index contributed by atoms with van der Waals surface area (Å²) in [6.45, 7) is 3.85. The highest BCUT2D eigenvalue weighted by Crippen LogP contribution is 2.47. The van der Waals surface area contributed by atoms with Crippen LogP contribution < -0.4 is 15.8 Å². The Morgan fingerprint density at radius 3 is 2.90 bits per heavy atom.